The monoisotopic (exact) mass is 438 g/mol. The molecule has 0 fully saturated rings. The summed E-state index contributed by atoms with van der Waals surface area (Å²) >= 11 is 1.82. The Bertz CT molecular complexity index is 784. The van der Waals surface area contributed by atoms with Crippen molar-refractivity contribution in [2.24, 2.45) is 0 Å². The number of nitrogens with zero attached hydrogens (tertiary/aromatic N) is 2. The van der Waals surface area contributed by atoms with Gasteiger partial charge in [0, 0.05) is 27.9 Å². The van der Waals surface area contributed by atoms with E-state index in [9.17, 15) is 28.1 Å². The van der Waals surface area contributed by atoms with E-state index in [2.05, 4.69) is 0 Å². The Morgan fingerprint density at radius 2 is 2.00 bits per heavy atom. The molecule has 122 valence electrons. The number of alkyl halides is 3. The van der Waals surface area contributed by atoms with Gasteiger partial charge in [-0.2, -0.15) is 13.2 Å². The second-order valence-corrected chi connectivity index (χ2v) is 6.12. The first-order chi connectivity index (χ1) is 10.6. The van der Waals surface area contributed by atoms with Gasteiger partial charge in [-0.25, -0.2) is 0 Å². The number of nitro benzene ring substituents is 1. The van der Waals surface area contributed by atoms with Crippen LogP contribution in [0, 0.1) is 20.6 Å². The van der Waals surface area contributed by atoms with Crippen molar-refractivity contribution in [1.82, 2.24) is 4.57 Å². The normalized spacial score (nSPS) is 11.5. The van der Waals surface area contributed by atoms with Crippen LogP contribution in [0.1, 0.15) is 21.6 Å². The van der Waals surface area contributed by atoms with Crippen molar-refractivity contribution >= 4 is 34.1 Å². The molecule has 2 rings (SSSR count). The second kappa shape index (κ2) is 6.30. The molecular formula is C14H10F3IN2O3. The van der Waals surface area contributed by atoms with Gasteiger partial charge in [0.15, 0.2) is 0 Å². The first-order valence-corrected chi connectivity index (χ1v) is 7.38. The molecule has 1 aromatic carbocycles. The second-order valence-electron chi connectivity index (χ2n) is 4.88. The first kappa shape index (κ1) is 17.4. The molecule has 2 aromatic rings. The maximum absolute atomic E-state index is 12.6. The molecule has 9 heteroatoms. The number of rotatable bonds is 4. The molecule has 0 radical (unpaired) electrons. The van der Waals surface area contributed by atoms with Crippen molar-refractivity contribution < 1.29 is 22.9 Å². The molecule has 0 spiro atoms. The zero-order chi connectivity index (χ0) is 17.4. The molecule has 0 saturated heterocycles. The highest BCUT2D eigenvalue weighted by Crippen LogP contribution is 2.25. The highest BCUT2D eigenvalue weighted by atomic mass is 127. The van der Waals surface area contributed by atoms with E-state index in [-0.39, 0.29) is 12.2 Å². The largest absolute Gasteiger partial charge is 0.456 e. The molecule has 0 atom stereocenters. The van der Waals surface area contributed by atoms with Crippen LogP contribution in [0.3, 0.4) is 0 Å². The highest BCUT2D eigenvalue weighted by molar-refractivity contribution is 14.1. The Labute approximate surface area is 142 Å². The van der Waals surface area contributed by atoms with E-state index in [1.807, 2.05) is 22.6 Å². The average Bonchev–Trinajstić information content (AvgIpc) is 2.77. The molecule has 5 nitrogen and oxygen atoms in total. The minimum Gasteiger partial charge on any atom is -0.339 e. The Balaban J connectivity index is 2.36. The van der Waals surface area contributed by atoms with Crippen molar-refractivity contribution in [2.45, 2.75) is 19.6 Å². The van der Waals surface area contributed by atoms with Crippen LogP contribution < -0.4 is 0 Å². The standard InChI is InChI=1S/C14H10F3IN2O3/c1-8-4-9(2-3-11(8)20(22)23)6-19-7-10(18)5-12(19)13(21)14(15,16)17/h2-5,7H,6H2,1H3. The van der Waals surface area contributed by atoms with E-state index in [0.717, 1.165) is 6.07 Å². The molecule has 0 N–H and O–H groups in total. The Hall–Kier alpha value is -1.91. The fourth-order valence-corrected chi connectivity index (χ4v) is 2.79. The molecule has 1 heterocycles. The Morgan fingerprint density at radius 3 is 2.52 bits per heavy atom. The van der Waals surface area contributed by atoms with Gasteiger partial charge in [-0.3, -0.25) is 14.9 Å². The summed E-state index contributed by atoms with van der Waals surface area (Å²) < 4.78 is 39.6. The van der Waals surface area contributed by atoms with E-state index in [0.29, 0.717) is 14.7 Å². The lowest BCUT2D eigenvalue weighted by Crippen LogP contribution is -2.25. The summed E-state index contributed by atoms with van der Waals surface area (Å²) in [6, 6.07) is 5.44. The van der Waals surface area contributed by atoms with Crippen LogP contribution in [0.15, 0.2) is 30.5 Å². The molecule has 1 aromatic heterocycles. The van der Waals surface area contributed by atoms with Crippen LogP contribution >= 0.6 is 22.6 Å². The van der Waals surface area contributed by atoms with Crippen molar-refractivity contribution in [3.63, 3.8) is 0 Å². The van der Waals surface area contributed by atoms with Crippen LogP contribution in [-0.2, 0) is 6.54 Å². The minimum absolute atomic E-state index is 0.0129. The van der Waals surface area contributed by atoms with Crippen molar-refractivity contribution in [1.29, 1.82) is 0 Å². The molecule has 0 aliphatic rings. The molecule has 0 unspecified atom stereocenters. The summed E-state index contributed by atoms with van der Waals surface area (Å²) in [5, 5.41) is 10.8. The molecular weight excluding hydrogens is 428 g/mol. The number of benzene rings is 1. The van der Waals surface area contributed by atoms with Crippen LogP contribution in [0.5, 0.6) is 0 Å². The summed E-state index contributed by atoms with van der Waals surface area (Å²) in [7, 11) is 0. The van der Waals surface area contributed by atoms with E-state index in [1.54, 1.807) is 6.92 Å². The Kier molecular flexibility index (Phi) is 4.78. The third-order valence-corrected chi connectivity index (χ3v) is 3.75. The lowest BCUT2D eigenvalue weighted by Gasteiger charge is -2.11. The van der Waals surface area contributed by atoms with Crippen molar-refractivity contribution in [3.8, 4) is 0 Å². The summed E-state index contributed by atoms with van der Waals surface area (Å²) in [4.78, 5) is 21.7. The summed E-state index contributed by atoms with van der Waals surface area (Å²) in [6.45, 7) is 1.56. The smallest absolute Gasteiger partial charge is 0.339 e. The topological polar surface area (TPSA) is 65.1 Å². The average molecular weight is 438 g/mol. The van der Waals surface area contributed by atoms with Gasteiger partial charge < -0.3 is 4.57 Å². The highest BCUT2D eigenvalue weighted by Gasteiger charge is 2.41. The fourth-order valence-electron chi connectivity index (χ4n) is 2.16. The molecule has 0 aliphatic carbocycles. The lowest BCUT2D eigenvalue weighted by atomic mass is 10.1. The zero-order valence-electron chi connectivity index (χ0n) is 11.7. The van der Waals surface area contributed by atoms with Crippen molar-refractivity contribution in [2.75, 3.05) is 0 Å². The van der Waals surface area contributed by atoms with E-state index in [1.165, 1.54) is 29.0 Å². The molecule has 0 bridgehead atoms. The maximum atomic E-state index is 12.6. The molecule has 0 aliphatic heterocycles. The first-order valence-electron chi connectivity index (χ1n) is 6.30. The summed E-state index contributed by atoms with van der Waals surface area (Å²) in [5.41, 5.74) is 0.440. The van der Waals surface area contributed by atoms with Crippen LogP contribution in [0.2, 0.25) is 0 Å². The number of nitro groups is 1. The van der Waals surface area contributed by atoms with Crippen LogP contribution in [0.25, 0.3) is 0 Å². The van der Waals surface area contributed by atoms with Crippen LogP contribution in [0.4, 0.5) is 18.9 Å². The number of hydrogen-bond acceptors (Lipinski definition) is 3. The number of Topliss-reactive ketones (excluding diaryl/α,β-unsaturated/α-hetero) is 1. The van der Waals surface area contributed by atoms with E-state index >= 15 is 0 Å². The van der Waals surface area contributed by atoms with Gasteiger partial charge in [0.1, 0.15) is 0 Å². The quantitative estimate of drug-likeness (QED) is 0.313. The van der Waals surface area contributed by atoms with E-state index in [4.69, 9.17) is 0 Å². The van der Waals surface area contributed by atoms with Crippen molar-refractivity contribution in [3.05, 3.63) is 61.0 Å². The number of aromatic nitrogens is 1. The SMILES string of the molecule is Cc1cc(Cn2cc(I)cc2C(=O)C(F)(F)F)ccc1[N+](=O)[O-]. The lowest BCUT2D eigenvalue weighted by molar-refractivity contribution is -0.385. The third kappa shape index (κ3) is 3.89. The molecule has 0 amide bonds. The van der Waals surface area contributed by atoms with Gasteiger partial charge in [-0.1, -0.05) is 6.07 Å². The van der Waals surface area contributed by atoms with Crippen LogP contribution in [-0.4, -0.2) is 21.4 Å². The number of carbonyl (C=O) groups excluding carboxylic acids is 1. The third-order valence-electron chi connectivity index (χ3n) is 3.16. The number of ketones is 1. The van der Waals surface area contributed by atoms with Gasteiger partial charge in [0.25, 0.3) is 11.5 Å². The number of hydrogen-bond donors (Lipinski definition) is 0. The minimum atomic E-state index is -4.95. The Morgan fingerprint density at radius 1 is 1.35 bits per heavy atom. The predicted octanol–water partition coefficient (Wildman–Crippen LogP) is 4.10. The zero-order valence-corrected chi connectivity index (χ0v) is 13.9. The predicted molar refractivity (Wildman–Crippen MR) is 84.5 cm³/mol. The van der Waals surface area contributed by atoms with Gasteiger partial charge in [0.2, 0.25) is 0 Å². The molecule has 23 heavy (non-hydrogen) atoms. The maximum Gasteiger partial charge on any atom is 0.456 e. The van der Waals surface area contributed by atoms with E-state index < -0.39 is 22.6 Å². The molecule has 0 saturated carbocycles. The number of carbonyl (C=O) groups is 1. The van der Waals surface area contributed by atoms with Gasteiger partial charge in [-0.15, -0.1) is 0 Å². The summed E-state index contributed by atoms with van der Waals surface area (Å²) in [6.07, 6.45) is -3.53. The number of halogens is 4. The fraction of sp³-hybridized carbons (Fsp3) is 0.214. The van der Waals surface area contributed by atoms with Gasteiger partial charge >= 0.3 is 6.18 Å². The summed E-state index contributed by atoms with van der Waals surface area (Å²) in [5.74, 6) is -1.92. The van der Waals surface area contributed by atoms with Gasteiger partial charge in [0.05, 0.1) is 10.6 Å². The number of aryl methyl sites for hydroxylation is 1. The van der Waals surface area contributed by atoms with Gasteiger partial charge in [-0.05, 0) is 47.2 Å².